The lowest BCUT2D eigenvalue weighted by Gasteiger charge is -2.14. The number of rotatable bonds is 10. The molecule has 0 amide bonds. The molecular formula is C21H32N2O2. The van der Waals surface area contributed by atoms with Gasteiger partial charge in [0, 0.05) is 6.54 Å². The molecule has 1 unspecified atom stereocenters. The monoisotopic (exact) mass is 344 g/mol. The maximum atomic E-state index is 12.0. The maximum Gasteiger partial charge on any atom is 0.348 e. The van der Waals surface area contributed by atoms with Gasteiger partial charge in [0.2, 0.25) is 0 Å². The molecule has 1 atom stereocenters. The van der Waals surface area contributed by atoms with E-state index >= 15 is 0 Å². The topological polar surface area (TPSA) is 76.1 Å². The van der Waals surface area contributed by atoms with Crippen LogP contribution in [0.25, 0.3) is 0 Å². The van der Waals surface area contributed by atoms with Crippen LogP contribution in [0.3, 0.4) is 0 Å². The number of ether oxygens (including phenoxy) is 1. The second kappa shape index (κ2) is 18.0. The minimum absolute atomic E-state index is 0.0140. The molecule has 25 heavy (non-hydrogen) atoms. The molecule has 0 aliphatic carbocycles. The van der Waals surface area contributed by atoms with Crippen molar-refractivity contribution < 1.29 is 9.53 Å². The predicted molar refractivity (Wildman–Crippen MR) is 104 cm³/mol. The molecule has 4 heteroatoms. The molecule has 0 aliphatic heterocycles. The van der Waals surface area contributed by atoms with Gasteiger partial charge in [-0.15, -0.1) is 12.3 Å². The van der Waals surface area contributed by atoms with Gasteiger partial charge in [0.25, 0.3) is 0 Å². The first kappa shape index (κ1) is 24.9. The summed E-state index contributed by atoms with van der Waals surface area (Å²) in [6.07, 6.45) is 15.8. The Bertz CT molecular complexity index is 531. The smallest absolute Gasteiger partial charge is 0.348 e. The van der Waals surface area contributed by atoms with Gasteiger partial charge >= 0.3 is 5.97 Å². The van der Waals surface area contributed by atoms with Crippen molar-refractivity contribution in [2.75, 3.05) is 13.2 Å². The second-order valence-corrected chi connectivity index (χ2v) is 5.40. The summed E-state index contributed by atoms with van der Waals surface area (Å²) in [7, 11) is 0. The van der Waals surface area contributed by atoms with Crippen molar-refractivity contribution in [3.63, 3.8) is 0 Å². The van der Waals surface area contributed by atoms with E-state index in [1.54, 1.807) is 19.1 Å². The van der Waals surface area contributed by atoms with Crippen molar-refractivity contribution >= 4 is 5.97 Å². The van der Waals surface area contributed by atoms with Gasteiger partial charge in [-0.05, 0) is 37.8 Å². The van der Waals surface area contributed by atoms with Crippen molar-refractivity contribution in [3.8, 4) is 18.4 Å². The Labute approximate surface area is 153 Å². The fourth-order valence-electron chi connectivity index (χ4n) is 1.90. The number of nitriles is 1. The number of hydrogen-bond donors (Lipinski definition) is 1. The number of allylic oxidation sites excluding steroid dienone is 4. The van der Waals surface area contributed by atoms with Crippen LogP contribution in [0.15, 0.2) is 35.5 Å². The molecule has 0 fully saturated rings. The molecule has 4 nitrogen and oxygen atoms in total. The fourth-order valence-corrected chi connectivity index (χ4v) is 1.90. The van der Waals surface area contributed by atoms with Gasteiger partial charge in [-0.3, -0.25) is 0 Å². The normalized spacial score (nSPS) is 12.6. The summed E-state index contributed by atoms with van der Waals surface area (Å²) in [5, 5.41) is 9.13. The Morgan fingerprint density at radius 3 is 2.48 bits per heavy atom. The summed E-state index contributed by atoms with van der Waals surface area (Å²) < 4.78 is 5.29. The Morgan fingerprint density at radius 1 is 1.40 bits per heavy atom. The standard InChI is InChI=1S/C18H28N2O2.C3H4/c1-4-7-9-16(6-3)14-22-18(21)17(13-20)12-15(5-2)10-8-11-19;1-3-2/h5,8,10,12,16H,4,6-7,9,11,14,19H2,1-3H3;1H,2H3/b10-8-,15-5+,17-12-;. The van der Waals surface area contributed by atoms with E-state index in [4.69, 9.17) is 15.7 Å². The summed E-state index contributed by atoms with van der Waals surface area (Å²) in [5.74, 6) is 2.06. The third kappa shape index (κ3) is 13.8. The van der Waals surface area contributed by atoms with E-state index in [9.17, 15) is 4.79 Å². The van der Waals surface area contributed by atoms with Gasteiger partial charge in [-0.25, -0.2) is 4.79 Å². The third-order valence-electron chi connectivity index (χ3n) is 3.42. The number of nitrogens with zero attached hydrogens (tertiary/aromatic N) is 1. The zero-order chi connectivity index (χ0) is 19.5. The molecule has 0 bridgehead atoms. The highest BCUT2D eigenvalue weighted by molar-refractivity contribution is 5.93. The predicted octanol–water partition coefficient (Wildman–Crippen LogP) is 4.30. The van der Waals surface area contributed by atoms with Crippen molar-refractivity contribution in [2.45, 2.75) is 53.4 Å². The number of unbranched alkanes of at least 4 members (excludes halogenated alkanes) is 1. The first-order chi connectivity index (χ1) is 12.0. The van der Waals surface area contributed by atoms with E-state index in [0.717, 1.165) is 31.3 Å². The quantitative estimate of drug-likeness (QED) is 0.211. The molecule has 0 saturated carbocycles. The molecule has 0 heterocycles. The van der Waals surface area contributed by atoms with Crippen LogP contribution in [0.1, 0.15) is 53.4 Å². The van der Waals surface area contributed by atoms with Crippen LogP contribution in [-0.2, 0) is 9.53 Å². The highest BCUT2D eigenvalue weighted by Crippen LogP contribution is 2.14. The molecule has 138 valence electrons. The van der Waals surface area contributed by atoms with E-state index in [2.05, 4.69) is 26.2 Å². The zero-order valence-electron chi connectivity index (χ0n) is 16.0. The number of carbonyl (C=O) groups excluding carboxylic acids is 1. The van der Waals surface area contributed by atoms with Gasteiger partial charge in [0.15, 0.2) is 0 Å². The minimum atomic E-state index is -0.557. The number of carbonyl (C=O) groups is 1. The fraction of sp³-hybridized carbons (Fsp3) is 0.524. The van der Waals surface area contributed by atoms with Crippen molar-refractivity contribution in [3.05, 3.63) is 35.5 Å². The van der Waals surface area contributed by atoms with E-state index in [-0.39, 0.29) is 5.57 Å². The van der Waals surface area contributed by atoms with Gasteiger partial charge in [-0.1, -0.05) is 51.3 Å². The van der Waals surface area contributed by atoms with Crippen LogP contribution in [0.2, 0.25) is 0 Å². The van der Waals surface area contributed by atoms with Crippen LogP contribution in [0, 0.1) is 29.6 Å². The molecule has 2 N–H and O–H groups in total. The van der Waals surface area contributed by atoms with Crippen LogP contribution in [0.5, 0.6) is 0 Å². The van der Waals surface area contributed by atoms with Crippen molar-refractivity contribution in [1.29, 1.82) is 5.26 Å². The van der Waals surface area contributed by atoms with Gasteiger partial charge < -0.3 is 10.5 Å². The van der Waals surface area contributed by atoms with Crippen LogP contribution in [-0.4, -0.2) is 19.1 Å². The summed E-state index contributed by atoms with van der Waals surface area (Å²) in [6.45, 7) is 8.50. The van der Waals surface area contributed by atoms with Crippen LogP contribution >= 0.6 is 0 Å². The van der Waals surface area contributed by atoms with Crippen LogP contribution < -0.4 is 5.73 Å². The third-order valence-corrected chi connectivity index (χ3v) is 3.42. The number of hydrogen-bond acceptors (Lipinski definition) is 4. The number of esters is 1. The van der Waals surface area contributed by atoms with E-state index < -0.39 is 5.97 Å². The Hall–Kier alpha value is -2.30. The van der Waals surface area contributed by atoms with Gasteiger partial charge in [-0.2, -0.15) is 5.26 Å². The molecule has 0 saturated heterocycles. The first-order valence-corrected chi connectivity index (χ1v) is 8.73. The molecule has 0 rings (SSSR count). The highest BCUT2D eigenvalue weighted by Gasteiger charge is 2.14. The maximum absolute atomic E-state index is 12.0. The minimum Gasteiger partial charge on any atom is -0.461 e. The number of terminal acetylenes is 1. The molecule has 0 aromatic carbocycles. The summed E-state index contributed by atoms with van der Waals surface area (Å²) >= 11 is 0. The Balaban J connectivity index is 0. The van der Waals surface area contributed by atoms with Crippen molar-refractivity contribution in [2.24, 2.45) is 11.7 Å². The van der Waals surface area contributed by atoms with E-state index in [0.29, 0.717) is 19.1 Å². The number of nitrogens with two attached hydrogens (primary N) is 1. The molecular weight excluding hydrogens is 312 g/mol. The summed E-state index contributed by atoms with van der Waals surface area (Å²) in [5.41, 5.74) is 6.17. The highest BCUT2D eigenvalue weighted by atomic mass is 16.5. The van der Waals surface area contributed by atoms with E-state index in [1.165, 1.54) is 6.08 Å². The Kier molecular flexibility index (Phi) is 18.0. The lowest BCUT2D eigenvalue weighted by Crippen LogP contribution is -2.15. The first-order valence-electron chi connectivity index (χ1n) is 8.73. The molecule has 0 spiro atoms. The average Bonchev–Trinajstić information content (AvgIpc) is 2.62. The second-order valence-electron chi connectivity index (χ2n) is 5.40. The molecule has 0 aromatic heterocycles. The lowest BCUT2D eigenvalue weighted by atomic mass is 10.0. The molecule has 0 aliphatic rings. The van der Waals surface area contributed by atoms with Crippen LogP contribution in [0.4, 0.5) is 0 Å². The molecule has 0 aromatic rings. The lowest BCUT2D eigenvalue weighted by molar-refractivity contribution is -0.140. The van der Waals surface area contributed by atoms with Crippen molar-refractivity contribution in [1.82, 2.24) is 0 Å². The summed E-state index contributed by atoms with van der Waals surface area (Å²) in [4.78, 5) is 12.0. The van der Waals surface area contributed by atoms with E-state index in [1.807, 2.05) is 19.1 Å². The Morgan fingerprint density at radius 2 is 2.04 bits per heavy atom. The van der Waals surface area contributed by atoms with Gasteiger partial charge in [0.05, 0.1) is 6.61 Å². The largest absolute Gasteiger partial charge is 0.461 e. The summed E-state index contributed by atoms with van der Waals surface area (Å²) in [6, 6.07) is 1.91. The van der Waals surface area contributed by atoms with Gasteiger partial charge in [0.1, 0.15) is 11.6 Å². The molecule has 0 radical (unpaired) electrons. The average molecular weight is 344 g/mol. The zero-order valence-corrected chi connectivity index (χ0v) is 16.0. The SMILES string of the molecule is C#CC.C/C=C(\C=C/CN)/C=C(/C#N)C(=O)OCC(CC)CCCC.